The van der Waals surface area contributed by atoms with Gasteiger partial charge in [-0.15, -0.1) is 0 Å². The summed E-state index contributed by atoms with van der Waals surface area (Å²) in [6.45, 7) is 2.20. The highest BCUT2D eigenvalue weighted by Crippen LogP contribution is 2.43. The zero-order valence-electron chi connectivity index (χ0n) is 8.02. The second-order valence-electron chi connectivity index (χ2n) is 4.24. The fourth-order valence-corrected chi connectivity index (χ4v) is 3.59. The van der Waals surface area contributed by atoms with Crippen molar-refractivity contribution in [3.63, 3.8) is 0 Å². The van der Waals surface area contributed by atoms with E-state index in [1.54, 1.807) is 6.20 Å². The SMILES string of the molecule is OC1(c2ccns2)CCN2CCCC21. The average molecular weight is 210 g/mol. The van der Waals surface area contributed by atoms with E-state index in [1.807, 2.05) is 6.07 Å². The standard InChI is InChI=1S/C10H14N2OS/c13-10(9-3-5-11-14-9)4-7-12-6-1-2-8(10)12/h3,5,8,13H,1-2,4,6-7H2. The molecule has 0 aliphatic carbocycles. The molecule has 2 atom stereocenters. The Morgan fingerprint density at radius 1 is 1.57 bits per heavy atom. The van der Waals surface area contributed by atoms with Crippen LogP contribution in [0.25, 0.3) is 0 Å². The molecule has 1 N–H and O–H groups in total. The molecular weight excluding hydrogens is 196 g/mol. The number of hydrogen-bond acceptors (Lipinski definition) is 4. The predicted octanol–water partition coefficient (Wildman–Crippen LogP) is 1.20. The molecule has 2 saturated heterocycles. The number of nitrogens with zero attached hydrogens (tertiary/aromatic N) is 2. The van der Waals surface area contributed by atoms with E-state index in [1.165, 1.54) is 18.0 Å². The van der Waals surface area contributed by atoms with Gasteiger partial charge in [0.05, 0.1) is 4.88 Å². The van der Waals surface area contributed by atoms with E-state index < -0.39 is 5.60 Å². The summed E-state index contributed by atoms with van der Waals surface area (Å²) in [5, 5.41) is 10.7. The topological polar surface area (TPSA) is 36.4 Å². The molecule has 4 heteroatoms. The first-order chi connectivity index (χ1) is 6.81. The summed E-state index contributed by atoms with van der Waals surface area (Å²) in [6.07, 6.45) is 5.02. The second-order valence-corrected chi connectivity index (χ2v) is 5.08. The van der Waals surface area contributed by atoms with Gasteiger partial charge in [-0.1, -0.05) is 0 Å². The van der Waals surface area contributed by atoms with E-state index in [0.29, 0.717) is 6.04 Å². The lowest BCUT2D eigenvalue weighted by molar-refractivity contribution is 0.0128. The highest BCUT2D eigenvalue weighted by Gasteiger charge is 2.49. The second kappa shape index (κ2) is 3.02. The largest absolute Gasteiger partial charge is 0.383 e. The molecule has 1 aromatic rings. The molecule has 76 valence electrons. The molecule has 2 fully saturated rings. The quantitative estimate of drug-likeness (QED) is 0.756. The van der Waals surface area contributed by atoms with Crippen molar-refractivity contribution in [2.75, 3.05) is 13.1 Å². The molecule has 3 heterocycles. The molecule has 0 spiro atoms. The van der Waals surface area contributed by atoms with Crippen molar-refractivity contribution < 1.29 is 5.11 Å². The van der Waals surface area contributed by atoms with Crippen LogP contribution in [-0.4, -0.2) is 33.5 Å². The Kier molecular flexibility index (Phi) is 1.90. The van der Waals surface area contributed by atoms with E-state index in [9.17, 15) is 5.11 Å². The first-order valence-electron chi connectivity index (χ1n) is 5.18. The third-order valence-corrected chi connectivity index (χ3v) is 4.47. The average Bonchev–Trinajstić information content (AvgIpc) is 2.84. The molecule has 0 saturated carbocycles. The summed E-state index contributed by atoms with van der Waals surface area (Å²) in [4.78, 5) is 3.46. The Morgan fingerprint density at radius 2 is 2.50 bits per heavy atom. The van der Waals surface area contributed by atoms with Gasteiger partial charge in [-0.2, -0.15) is 0 Å². The predicted molar refractivity (Wildman–Crippen MR) is 55.2 cm³/mol. The Labute approximate surface area is 87.5 Å². The van der Waals surface area contributed by atoms with Crippen LogP contribution in [0, 0.1) is 0 Å². The van der Waals surface area contributed by atoms with E-state index in [0.717, 1.165) is 30.8 Å². The molecule has 0 amide bonds. The Balaban J connectivity index is 1.97. The number of rotatable bonds is 1. The third kappa shape index (κ3) is 1.08. The van der Waals surface area contributed by atoms with Gasteiger partial charge in [0.1, 0.15) is 5.60 Å². The van der Waals surface area contributed by atoms with Crippen LogP contribution < -0.4 is 0 Å². The molecule has 3 nitrogen and oxygen atoms in total. The summed E-state index contributed by atoms with van der Waals surface area (Å²) in [5.74, 6) is 0. The zero-order chi connectivity index (χ0) is 9.60. The van der Waals surface area contributed by atoms with Gasteiger partial charge in [-0.3, -0.25) is 4.90 Å². The number of hydrogen-bond donors (Lipinski definition) is 1. The monoisotopic (exact) mass is 210 g/mol. The van der Waals surface area contributed by atoms with E-state index in [-0.39, 0.29) is 0 Å². The molecule has 2 unspecified atom stereocenters. The van der Waals surface area contributed by atoms with E-state index in [4.69, 9.17) is 0 Å². The maximum atomic E-state index is 10.7. The molecule has 3 rings (SSSR count). The van der Waals surface area contributed by atoms with Crippen molar-refractivity contribution in [3.05, 3.63) is 17.1 Å². The molecule has 0 aromatic carbocycles. The Hall–Kier alpha value is -0.450. The summed E-state index contributed by atoms with van der Waals surface area (Å²) in [5.41, 5.74) is -0.600. The smallest absolute Gasteiger partial charge is 0.117 e. The molecule has 0 bridgehead atoms. The van der Waals surface area contributed by atoms with Gasteiger partial charge >= 0.3 is 0 Å². The van der Waals surface area contributed by atoms with Crippen LogP contribution in [0.2, 0.25) is 0 Å². The first kappa shape index (κ1) is 8.83. The summed E-state index contributed by atoms with van der Waals surface area (Å²) < 4.78 is 4.09. The molecule has 2 aliphatic heterocycles. The fourth-order valence-electron chi connectivity index (χ4n) is 2.84. The molecule has 1 aromatic heterocycles. The van der Waals surface area contributed by atoms with Crippen molar-refractivity contribution in [2.45, 2.75) is 30.9 Å². The van der Waals surface area contributed by atoms with E-state index >= 15 is 0 Å². The normalized spacial score (nSPS) is 37.6. The van der Waals surface area contributed by atoms with Crippen LogP contribution in [0.4, 0.5) is 0 Å². The van der Waals surface area contributed by atoms with Crippen molar-refractivity contribution in [1.82, 2.24) is 9.27 Å². The van der Waals surface area contributed by atoms with Gasteiger partial charge in [0.25, 0.3) is 0 Å². The maximum absolute atomic E-state index is 10.7. The van der Waals surface area contributed by atoms with E-state index in [2.05, 4.69) is 9.27 Å². The molecule has 14 heavy (non-hydrogen) atoms. The van der Waals surface area contributed by atoms with Crippen LogP contribution in [0.3, 0.4) is 0 Å². The van der Waals surface area contributed by atoms with Crippen molar-refractivity contribution in [2.24, 2.45) is 0 Å². The van der Waals surface area contributed by atoms with Gasteiger partial charge in [0.2, 0.25) is 0 Å². The van der Waals surface area contributed by atoms with Crippen LogP contribution >= 0.6 is 11.5 Å². The lowest BCUT2D eigenvalue weighted by Crippen LogP contribution is -2.37. The van der Waals surface area contributed by atoms with Crippen LogP contribution in [0.15, 0.2) is 12.3 Å². The van der Waals surface area contributed by atoms with Gasteiger partial charge in [0.15, 0.2) is 0 Å². The highest BCUT2D eigenvalue weighted by molar-refractivity contribution is 7.05. The minimum absolute atomic E-state index is 0.350. The molecular formula is C10H14N2OS. The van der Waals surface area contributed by atoms with Crippen LogP contribution in [0.1, 0.15) is 24.1 Å². The van der Waals surface area contributed by atoms with Crippen LogP contribution in [0.5, 0.6) is 0 Å². The number of fused-ring (bicyclic) bond motifs is 1. The van der Waals surface area contributed by atoms with Crippen molar-refractivity contribution in [3.8, 4) is 0 Å². The zero-order valence-corrected chi connectivity index (χ0v) is 8.83. The van der Waals surface area contributed by atoms with Gasteiger partial charge in [-0.25, -0.2) is 4.37 Å². The van der Waals surface area contributed by atoms with Gasteiger partial charge < -0.3 is 5.11 Å². The Bertz CT molecular complexity index is 327. The minimum Gasteiger partial charge on any atom is -0.383 e. The lowest BCUT2D eigenvalue weighted by atomic mass is 9.91. The van der Waals surface area contributed by atoms with Crippen LogP contribution in [-0.2, 0) is 5.60 Å². The molecule has 0 radical (unpaired) electrons. The maximum Gasteiger partial charge on any atom is 0.117 e. The molecule has 2 aliphatic rings. The van der Waals surface area contributed by atoms with Crippen molar-refractivity contribution >= 4 is 11.5 Å². The van der Waals surface area contributed by atoms with Gasteiger partial charge in [0, 0.05) is 18.8 Å². The fraction of sp³-hybridized carbons (Fsp3) is 0.700. The highest BCUT2D eigenvalue weighted by atomic mass is 32.1. The summed E-state index contributed by atoms with van der Waals surface area (Å²) in [6, 6.07) is 2.31. The third-order valence-electron chi connectivity index (χ3n) is 3.56. The lowest BCUT2D eigenvalue weighted by Gasteiger charge is -2.28. The number of aliphatic hydroxyl groups is 1. The summed E-state index contributed by atoms with van der Waals surface area (Å²) in [7, 11) is 0. The van der Waals surface area contributed by atoms with Gasteiger partial charge in [-0.05, 0) is 43.4 Å². The summed E-state index contributed by atoms with van der Waals surface area (Å²) >= 11 is 1.44. The first-order valence-corrected chi connectivity index (χ1v) is 5.96. The minimum atomic E-state index is -0.600. The number of aromatic nitrogens is 1. The Morgan fingerprint density at radius 3 is 3.29 bits per heavy atom. The van der Waals surface area contributed by atoms with Crippen molar-refractivity contribution in [1.29, 1.82) is 0 Å².